The quantitative estimate of drug-likeness (QED) is 0.786. The second-order valence-corrected chi connectivity index (χ2v) is 6.21. The molecule has 4 rings (SSSR count). The lowest BCUT2D eigenvalue weighted by molar-refractivity contribution is -0.130. The molecule has 0 bridgehead atoms. The average molecular weight is 270 g/mol. The van der Waals surface area contributed by atoms with Crippen LogP contribution >= 0.6 is 0 Å². The fraction of sp³-hybridized carbons (Fsp3) is 0.500. The van der Waals surface area contributed by atoms with E-state index >= 15 is 0 Å². The Morgan fingerprint density at radius 2 is 2.05 bits per heavy atom. The molecule has 1 aliphatic carbocycles. The molecule has 2 amide bonds. The Kier molecular flexibility index (Phi) is 2.29. The van der Waals surface area contributed by atoms with Gasteiger partial charge in [-0.3, -0.25) is 14.5 Å². The van der Waals surface area contributed by atoms with Crippen LogP contribution in [-0.2, 0) is 4.79 Å². The number of hydrogen-bond donors (Lipinski definition) is 1. The third-order valence-electron chi connectivity index (χ3n) is 5.31. The number of fused-ring (bicyclic) bond motifs is 4. The van der Waals surface area contributed by atoms with E-state index in [4.69, 9.17) is 0 Å². The van der Waals surface area contributed by atoms with Gasteiger partial charge in [0.25, 0.3) is 5.91 Å². The lowest BCUT2D eigenvalue weighted by Gasteiger charge is -2.43. The number of amides is 2. The van der Waals surface area contributed by atoms with Crippen LogP contribution < -0.4 is 5.32 Å². The van der Waals surface area contributed by atoms with Gasteiger partial charge in [-0.1, -0.05) is 38.0 Å². The first-order valence-corrected chi connectivity index (χ1v) is 7.40. The van der Waals surface area contributed by atoms with Gasteiger partial charge >= 0.3 is 0 Å². The smallest absolute Gasteiger partial charge is 0.257 e. The van der Waals surface area contributed by atoms with Gasteiger partial charge in [-0.05, 0) is 24.8 Å². The van der Waals surface area contributed by atoms with Gasteiger partial charge in [0.15, 0.2) is 0 Å². The second kappa shape index (κ2) is 3.84. The average Bonchev–Trinajstić information content (AvgIpc) is 2.90. The third kappa shape index (κ3) is 1.22. The molecule has 4 heteroatoms. The van der Waals surface area contributed by atoms with Crippen LogP contribution in [0.25, 0.3) is 0 Å². The summed E-state index contributed by atoms with van der Waals surface area (Å²) in [6.07, 6.45) is 3.71. The van der Waals surface area contributed by atoms with Crippen molar-refractivity contribution in [2.75, 3.05) is 0 Å². The van der Waals surface area contributed by atoms with E-state index in [-0.39, 0.29) is 23.9 Å². The minimum Gasteiger partial charge on any atom is -0.330 e. The van der Waals surface area contributed by atoms with E-state index in [9.17, 15) is 9.59 Å². The van der Waals surface area contributed by atoms with E-state index in [1.54, 1.807) is 0 Å². The van der Waals surface area contributed by atoms with Gasteiger partial charge in [0.2, 0.25) is 5.91 Å². The molecule has 3 unspecified atom stereocenters. The fourth-order valence-corrected chi connectivity index (χ4v) is 4.25. The molecule has 1 spiro atoms. The second-order valence-electron chi connectivity index (χ2n) is 6.21. The lowest BCUT2D eigenvalue weighted by Crippen LogP contribution is -2.56. The van der Waals surface area contributed by atoms with Crippen LogP contribution in [0.15, 0.2) is 24.3 Å². The molecule has 2 aliphatic heterocycles. The molecule has 3 aliphatic rings. The molecule has 20 heavy (non-hydrogen) atoms. The molecule has 0 radical (unpaired) electrons. The summed E-state index contributed by atoms with van der Waals surface area (Å²) in [5.74, 6) is 0.273. The molecule has 3 atom stereocenters. The number of nitrogens with zero attached hydrogens (tertiary/aromatic N) is 1. The highest BCUT2D eigenvalue weighted by atomic mass is 16.2. The SMILES string of the molecule is CC1CCCCC12C(=O)NC1c3ccccc3C(=O)N12. The van der Waals surface area contributed by atoms with Gasteiger partial charge in [-0.15, -0.1) is 0 Å². The van der Waals surface area contributed by atoms with E-state index in [1.165, 1.54) is 0 Å². The van der Waals surface area contributed by atoms with Crippen molar-refractivity contribution in [1.82, 2.24) is 10.2 Å². The van der Waals surface area contributed by atoms with Gasteiger partial charge in [0.1, 0.15) is 11.7 Å². The van der Waals surface area contributed by atoms with Gasteiger partial charge < -0.3 is 5.32 Å². The van der Waals surface area contributed by atoms with Crippen molar-refractivity contribution in [2.45, 2.75) is 44.3 Å². The summed E-state index contributed by atoms with van der Waals surface area (Å²) in [7, 11) is 0. The third-order valence-corrected chi connectivity index (χ3v) is 5.31. The van der Waals surface area contributed by atoms with Crippen LogP contribution in [0.3, 0.4) is 0 Å². The Balaban J connectivity index is 1.86. The molecule has 104 valence electrons. The number of carbonyl (C=O) groups excluding carboxylic acids is 2. The molecule has 0 aromatic heterocycles. The largest absolute Gasteiger partial charge is 0.330 e. The molecule has 1 aromatic carbocycles. The molecular weight excluding hydrogens is 252 g/mol. The summed E-state index contributed by atoms with van der Waals surface area (Å²) in [5.41, 5.74) is 1.06. The first-order valence-electron chi connectivity index (χ1n) is 7.40. The Hall–Kier alpha value is -1.84. The van der Waals surface area contributed by atoms with Crippen LogP contribution in [0.2, 0.25) is 0 Å². The molecular formula is C16H18N2O2. The minimum atomic E-state index is -0.626. The molecule has 1 saturated carbocycles. The standard InChI is InChI=1S/C16H18N2O2/c1-10-6-4-5-9-16(10)15(20)17-13-11-7-2-3-8-12(11)14(19)18(13)16/h2-3,7-8,10,13H,4-6,9H2,1H3,(H,17,20). The first kappa shape index (κ1) is 11.9. The highest BCUT2D eigenvalue weighted by Crippen LogP contribution is 2.50. The number of benzene rings is 1. The van der Waals surface area contributed by atoms with Crippen LogP contribution in [-0.4, -0.2) is 22.3 Å². The van der Waals surface area contributed by atoms with E-state index in [2.05, 4.69) is 12.2 Å². The van der Waals surface area contributed by atoms with Crippen molar-refractivity contribution >= 4 is 11.8 Å². The Morgan fingerprint density at radius 1 is 1.25 bits per heavy atom. The summed E-state index contributed by atoms with van der Waals surface area (Å²) < 4.78 is 0. The van der Waals surface area contributed by atoms with Crippen molar-refractivity contribution < 1.29 is 9.59 Å². The predicted octanol–water partition coefficient (Wildman–Crippen LogP) is 2.22. The maximum atomic E-state index is 12.8. The Bertz CT molecular complexity index is 612. The minimum absolute atomic E-state index is 0.0118. The summed E-state index contributed by atoms with van der Waals surface area (Å²) in [4.78, 5) is 27.2. The normalized spacial score (nSPS) is 35.1. The Morgan fingerprint density at radius 3 is 2.85 bits per heavy atom. The van der Waals surface area contributed by atoms with Crippen molar-refractivity contribution in [2.24, 2.45) is 5.92 Å². The zero-order valence-corrected chi connectivity index (χ0v) is 11.6. The lowest BCUT2D eigenvalue weighted by atomic mass is 9.72. The first-order chi connectivity index (χ1) is 9.66. The molecule has 1 saturated heterocycles. The van der Waals surface area contributed by atoms with Crippen molar-refractivity contribution in [3.63, 3.8) is 0 Å². The number of hydrogen-bond acceptors (Lipinski definition) is 2. The monoisotopic (exact) mass is 270 g/mol. The molecule has 1 aromatic rings. The zero-order valence-electron chi connectivity index (χ0n) is 11.6. The predicted molar refractivity (Wildman–Crippen MR) is 73.9 cm³/mol. The highest BCUT2D eigenvalue weighted by Gasteiger charge is 2.61. The number of rotatable bonds is 0. The van der Waals surface area contributed by atoms with Crippen LogP contribution in [0, 0.1) is 5.92 Å². The zero-order chi connectivity index (χ0) is 13.9. The number of nitrogens with one attached hydrogen (secondary N) is 1. The van der Waals surface area contributed by atoms with Crippen LogP contribution in [0.5, 0.6) is 0 Å². The van der Waals surface area contributed by atoms with Crippen molar-refractivity contribution in [1.29, 1.82) is 0 Å². The molecule has 2 heterocycles. The maximum Gasteiger partial charge on any atom is 0.257 e. The van der Waals surface area contributed by atoms with Crippen molar-refractivity contribution in [3.05, 3.63) is 35.4 Å². The topological polar surface area (TPSA) is 49.4 Å². The van der Waals surface area contributed by atoms with Gasteiger partial charge in [0, 0.05) is 11.1 Å². The Labute approximate surface area is 118 Å². The van der Waals surface area contributed by atoms with E-state index in [0.717, 1.165) is 36.8 Å². The fourth-order valence-electron chi connectivity index (χ4n) is 4.25. The summed E-state index contributed by atoms with van der Waals surface area (Å²) in [6.45, 7) is 2.11. The van der Waals surface area contributed by atoms with Crippen molar-refractivity contribution in [3.8, 4) is 0 Å². The van der Waals surface area contributed by atoms with E-state index < -0.39 is 5.54 Å². The molecule has 4 nitrogen and oxygen atoms in total. The molecule has 1 N–H and O–H groups in total. The van der Waals surface area contributed by atoms with Crippen LogP contribution in [0.1, 0.15) is 54.7 Å². The summed E-state index contributed by atoms with van der Waals surface area (Å²) >= 11 is 0. The van der Waals surface area contributed by atoms with E-state index in [0.29, 0.717) is 0 Å². The molecule has 2 fully saturated rings. The summed E-state index contributed by atoms with van der Waals surface area (Å²) in [6, 6.07) is 7.63. The van der Waals surface area contributed by atoms with Gasteiger partial charge in [-0.25, -0.2) is 0 Å². The highest BCUT2D eigenvalue weighted by molar-refractivity contribution is 6.06. The summed E-state index contributed by atoms with van der Waals surface area (Å²) in [5, 5.41) is 3.06. The van der Waals surface area contributed by atoms with Gasteiger partial charge in [-0.2, -0.15) is 0 Å². The van der Waals surface area contributed by atoms with E-state index in [1.807, 2.05) is 29.2 Å². The van der Waals surface area contributed by atoms with Crippen LogP contribution in [0.4, 0.5) is 0 Å². The maximum absolute atomic E-state index is 12.8. The van der Waals surface area contributed by atoms with Gasteiger partial charge in [0.05, 0.1) is 0 Å². The number of carbonyl (C=O) groups is 2.